The molecule has 2 N–H and O–H groups in total. The number of nitro groups is 1. The molecule has 37 heavy (non-hydrogen) atoms. The van der Waals surface area contributed by atoms with Crippen molar-refractivity contribution in [2.45, 2.75) is 5.92 Å². The van der Waals surface area contributed by atoms with Gasteiger partial charge in [-0.1, -0.05) is 18.2 Å². The van der Waals surface area contributed by atoms with E-state index in [9.17, 15) is 20.2 Å². The molecular weight excluding hydrogens is 482 g/mol. The van der Waals surface area contributed by atoms with Crippen LogP contribution in [0.15, 0.2) is 66.1 Å². The Morgan fingerprint density at radius 1 is 1.05 bits per heavy atom. The lowest BCUT2D eigenvalue weighted by atomic mass is 9.83. The van der Waals surface area contributed by atoms with Gasteiger partial charge in [0.05, 0.1) is 32.2 Å². The summed E-state index contributed by atoms with van der Waals surface area (Å²) in [6.45, 7) is 0. The zero-order valence-electron chi connectivity index (χ0n) is 20.0. The van der Waals surface area contributed by atoms with Gasteiger partial charge in [0.15, 0.2) is 11.5 Å². The molecule has 1 heterocycles. The predicted octanol–water partition coefficient (Wildman–Crippen LogP) is 4.06. The van der Waals surface area contributed by atoms with E-state index in [2.05, 4.69) is 6.07 Å². The summed E-state index contributed by atoms with van der Waals surface area (Å²) >= 11 is 0. The fraction of sp³-hybridized carbons (Fsp3) is 0.154. The molecule has 4 rings (SSSR count). The molecule has 0 spiro atoms. The van der Waals surface area contributed by atoms with E-state index in [1.807, 2.05) is 0 Å². The summed E-state index contributed by atoms with van der Waals surface area (Å²) in [7, 11) is 4.44. The second kappa shape index (κ2) is 10.2. The molecule has 0 saturated heterocycles. The van der Waals surface area contributed by atoms with Gasteiger partial charge in [-0.25, -0.2) is 4.79 Å². The first-order valence-corrected chi connectivity index (χ1v) is 10.8. The summed E-state index contributed by atoms with van der Waals surface area (Å²) in [6.07, 6.45) is 0. The third-order valence-corrected chi connectivity index (χ3v) is 5.74. The maximum Gasteiger partial charge on any atom is 0.350 e. The standard InChI is InChI=1S/C26H21N3O8/c1-33-21-10-14(11-22(34-2)24(21)35-3)23-17-9-8-15(12-20(17)37-25(28)18(23)13-27)36-26(30)16-6-4-5-7-19(16)29(31)32/h4-12,23H,28H2,1-3H3. The van der Waals surface area contributed by atoms with Crippen LogP contribution in [0, 0.1) is 21.4 Å². The van der Waals surface area contributed by atoms with Crippen molar-refractivity contribution in [3.05, 3.63) is 92.9 Å². The van der Waals surface area contributed by atoms with E-state index < -0.39 is 16.8 Å². The van der Waals surface area contributed by atoms with Crippen molar-refractivity contribution in [1.29, 1.82) is 5.26 Å². The Bertz CT molecular complexity index is 1450. The first-order valence-electron chi connectivity index (χ1n) is 10.8. The second-order valence-electron chi connectivity index (χ2n) is 7.75. The highest BCUT2D eigenvalue weighted by molar-refractivity contribution is 5.95. The minimum atomic E-state index is -0.912. The van der Waals surface area contributed by atoms with Gasteiger partial charge in [0.2, 0.25) is 11.6 Å². The van der Waals surface area contributed by atoms with Crippen LogP contribution in [0.5, 0.6) is 28.7 Å². The van der Waals surface area contributed by atoms with Gasteiger partial charge in [0, 0.05) is 17.7 Å². The highest BCUT2D eigenvalue weighted by Gasteiger charge is 2.33. The van der Waals surface area contributed by atoms with Gasteiger partial charge in [0.25, 0.3) is 5.69 Å². The van der Waals surface area contributed by atoms with Gasteiger partial charge in [-0.3, -0.25) is 10.1 Å². The van der Waals surface area contributed by atoms with Crippen molar-refractivity contribution >= 4 is 11.7 Å². The topological polar surface area (TPSA) is 156 Å². The predicted molar refractivity (Wildman–Crippen MR) is 130 cm³/mol. The number of nitriles is 1. The molecule has 1 atom stereocenters. The van der Waals surface area contributed by atoms with Crippen LogP contribution in [0.1, 0.15) is 27.4 Å². The number of carbonyl (C=O) groups excluding carboxylic acids is 1. The van der Waals surface area contributed by atoms with Crippen LogP contribution >= 0.6 is 0 Å². The Kier molecular flexibility index (Phi) is 6.84. The summed E-state index contributed by atoms with van der Waals surface area (Å²) in [4.78, 5) is 23.3. The molecule has 0 aliphatic carbocycles. The number of rotatable bonds is 7. The van der Waals surface area contributed by atoms with Crippen LogP contribution in [0.3, 0.4) is 0 Å². The number of para-hydroxylation sites is 1. The summed E-state index contributed by atoms with van der Waals surface area (Å²) in [6, 6.07) is 15.5. The summed E-state index contributed by atoms with van der Waals surface area (Å²) in [5, 5.41) is 21.1. The maximum absolute atomic E-state index is 12.7. The molecule has 0 radical (unpaired) electrons. The van der Waals surface area contributed by atoms with E-state index >= 15 is 0 Å². The number of hydrogen-bond donors (Lipinski definition) is 1. The molecule has 0 saturated carbocycles. The Balaban J connectivity index is 1.76. The van der Waals surface area contributed by atoms with Crippen LogP contribution in [0.4, 0.5) is 5.69 Å². The summed E-state index contributed by atoms with van der Waals surface area (Å²) in [5.74, 6) is -0.244. The lowest BCUT2D eigenvalue weighted by Crippen LogP contribution is -2.21. The molecule has 1 aliphatic heterocycles. The number of methoxy groups -OCH3 is 3. The Morgan fingerprint density at radius 3 is 2.32 bits per heavy atom. The number of carbonyl (C=O) groups is 1. The van der Waals surface area contributed by atoms with Crippen molar-refractivity contribution in [2.75, 3.05) is 21.3 Å². The highest BCUT2D eigenvalue weighted by atomic mass is 16.6. The molecule has 0 bridgehead atoms. The first-order chi connectivity index (χ1) is 17.8. The van der Waals surface area contributed by atoms with Crippen LogP contribution in [0.2, 0.25) is 0 Å². The molecule has 0 aromatic heterocycles. The molecule has 0 fully saturated rings. The van der Waals surface area contributed by atoms with Crippen LogP contribution in [-0.2, 0) is 0 Å². The third-order valence-electron chi connectivity index (χ3n) is 5.74. The minimum Gasteiger partial charge on any atom is -0.493 e. The monoisotopic (exact) mass is 503 g/mol. The number of ether oxygens (including phenoxy) is 5. The number of hydrogen-bond acceptors (Lipinski definition) is 10. The molecular formula is C26H21N3O8. The molecule has 188 valence electrons. The summed E-state index contributed by atoms with van der Waals surface area (Å²) < 4.78 is 27.4. The van der Waals surface area contributed by atoms with Crippen molar-refractivity contribution in [2.24, 2.45) is 5.73 Å². The number of fused-ring (bicyclic) bond motifs is 1. The Hall–Kier alpha value is -5.24. The summed E-state index contributed by atoms with van der Waals surface area (Å²) in [5.41, 5.74) is 6.84. The maximum atomic E-state index is 12.7. The number of nitrogens with zero attached hydrogens (tertiary/aromatic N) is 2. The quantitative estimate of drug-likeness (QED) is 0.216. The van der Waals surface area contributed by atoms with Crippen molar-refractivity contribution < 1.29 is 33.4 Å². The van der Waals surface area contributed by atoms with E-state index in [-0.39, 0.29) is 34.2 Å². The van der Waals surface area contributed by atoms with Crippen molar-refractivity contribution in [3.8, 4) is 34.8 Å². The van der Waals surface area contributed by atoms with Gasteiger partial charge < -0.3 is 29.4 Å². The first kappa shape index (κ1) is 24.9. The third kappa shape index (κ3) is 4.55. The lowest BCUT2D eigenvalue weighted by Gasteiger charge is -2.27. The fourth-order valence-corrected chi connectivity index (χ4v) is 4.08. The van der Waals surface area contributed by atoms with E-state index in [0.29, 0.717) is 28.4 Å². The van der Waals surface area contributed by atoms with Gasteiger partial charge >= 0.3 is 5.97 Å². The molecule has 11 nitrogen and oxygen atoms in total. The molecule has 1 aliphatic rings. The number of allylic oxidation sites excluding steroid dienone is 1. The normalized spacial score (nSPS) is 14.1. The van der Waals surface area contributed by atoms with Crippen LogP contribution < -0.4 is 29.4 Å². The van der Waals surface area contributed by atoms with E-state index in [1.54, 1.807) is 18.2 Å². The van der Waals surface area contributed by atoms with E-state index in [0.717, 1.165) is 0 Å². The average Bonchev–Trinajstić information content (AvgIpc) is 2.91. The Labute approximate surface area is 211 Å². The molecule has 3 aromatic rings. The number of nitrogens with two attached hydrogens (primary N) is 1. The number of benzene rings is 3. The van der Waals surface area contributed by atoms with Crippen LogP contribution in [0.25, 0.3) is 0 Å². The van der Waals surface area contributed by atoms with Crippen LogP contribution in [-0.4, -0.2) is 32.2 Å². The SMILES string of the molecule is COc1cc(C2C(C#N)=C(N)Oc3cc(OC(=O)c4ccccc4[N+](=O)[O-])ccc32)cc(OC)c1OC. The largest absolute Gasteiger partial charge is 0.493 e. The number of nitro benzene ring substituents is 1. The van der Waals surface area contributed by atoms with Gasteiger partial charge in [0.1, 0.15) is 28.7 Å². The van der Waals surface area contributed by atoms with E-state index in [4.69, 9.17) is 29.4 Å². The zero-order chi connectivity index (χ0) is 26.7. The molecule has 11 heteroatoms. The van der Waals surface area contributed by atoms with Gasteiger partial charge in [-0.05, 0) is 29.8 Å². The fourth-order valence-electron chi connectivity index (χ4n) is 4.08. The van der Waals surface area contributed by atoms with Crippen molar-refractivity contribution in [3.63, 3.8) is 0 Å². The molecule has 0 amide bonds. The zero-order valence-corrected chi connectivity index (χ0v) is 20.0. The van der Waals surface area contributed by atoms with Gasteiger partial charge in [-0.2, -0.15) is 5.26 Å². The van der Waals surface area contributed by atoms with Gasteiger partial charge in [-0.15, -0.1) is 0 Å². The molecule has 3 aromatic carbocycles. The lowest BCUT2D eigenvalue weighted by molar-refractivity contribution is -0.385. The smallest absolute Gasteiger partial charge is 0.350 e. The second-order valence-corrected chi connectivity index (χ2v) is 7.75. The average molecular weight is 503 g/mol. The highest BCUT2D eigenvalue weighted by Crippen LogP contribution is 2.47. The minimum absolute atomic E-state index is 0.0683. The molecule has 1 unspecified atom stereocenters. The number of esters is 1. The Morgan fingerprint density at radius 2 is 1.73 bits per heavy atom. The van der Waals surface area contributed by atoms with E-state index in [1.165, 1.54) is 57.7 Å². The van der Waals surface area contributed by atoms with Crippen molar-refractivity contribution in [1.82, 2.24) is 0 Å².